The summed E-state index contributed by atoms with van der Waals surface area (Å²) in [6.45, 7) is 5.84. The molecule has 1 atom stereocenters. The average Bonchev–Trinajstić information content (AvgIpc) is 3.03. The topological polar surface area (TPSA) is 36.4 Å². The van der Waals surface area contributed by atoms with Crippen LogP contribution in [0.4, 0.5) is 0 Å². The Morgan fingerprint density at radius 3 is 2.76 bits per heavy atom. The summed E-state index contributed by atoms with van der Waals surface area (Å²) in [7, 11) is 0. The van der Waals surface area contributed by atoms with E-state index in [9.17, 15) is 4.79 Å². The van der Waals surface area contributed by atoms with E-state index in [0.717, 1.165) is 63.8 Å². The van der Waals surface area contributed by atoms with E-state index >= 15 is 0 Å². The maximum Gasteiger partial charge on any atom is 0.243 e. The number of para-hydroxylation sites is 1. The van der Waals surface area contributed by atoms with Crippen molar-refractivity contribution in [1.29, 1.82) is 0 Å². The van der Waals surface area contributed by atoms with Crippen molar-refractivity contribution in [2.45, 2.75) is 51.1 Å². The highest BCUT2D eigenvalue weighted by Crippen LogP contribution is 2.39. The van der Waals surface area contributed by atoms with Crippen LogP contribution in [-0.2, 0) is 11.3 Å². The number of benzene rings is 1. The van der Waals surface area contributed by atoms with Gasteiger partial charge in [-0.3, -0.25) is 14.7 Å². The van der Waals surface area contributed by atoms with Crippen LogP contribution in [0, 0.1) is 0 Å². The summed E-state index contributed by atoms with van der Waals surface area (Å²) < 4.78 is 0. The van der Waals surface area contributed by atoms with E-state index < -0.39 is 0 Å². The Balaban J connectivity index is 1.64. The van der Waals surface area contributed by atoms with E-state index in [-0.39, 0.29) is 5.54 Å². The molecule has 2 aliphatic rings. The standard InChI is InChI=1S/C21H27N3O/c1-2-13-23-14-5-10-21(20(23)25)11-6-15-24(21)16-17-9-12-22-19-8-4-3-7-18(17)19/h3-4,7-9,12H,2,5-6,10-11,13-16H2,1H3. The van der Waals surface area contributed by atoms with Gasteiger partial charge in [-0.1, -0.05) is 25.1 Å². The Morgan fingerprint density at radius 2 is 1.92 bits per heavy atom. The molecule has 0 saturated carbocycles. The first-order valence-electron chi connectivity index (χ1n) is 9.62. The number of nitrogens with zero attached hydrogens (tertiary/aromatic N) is 3. The Kier molecular flexibility index (Phi) is 4.46. The molecule has 0 aliphatic carbocycles. The third-order valence-corrected chi connectivity index (χ3v) is 5.92. The minimum atomic E-state index is -0.266. The van der Waals surface area contributed by atoms with Crippen LogP contribution in [0.25, 0.3) is 10.9 Å². The maximum atomic E-state index is 13.3. The van der Waals surface area contributed by atoms with Gasteiger partial charge in [0.05, 0.1) is 5.52 Å². The second kappa shape index (κ2) is 6.75. The van der Waals surface area contributed by atoms with Crippen LogP contribution >= 0.6 is 0 Å². The molecule has 4 heteroatoms. The normalized spacial score (nSPS) is 24.5. The molecule has 0 radical (unpaired) electrons. The number of carbonyl (C=O) groups is 1. The zero-order chi connectivity index (χ0) is 17.3. The van der Waals surface area contributed by atoms with Crippen LogP contribution in [0.15, 0.2) is 36.5 Å². The number of aromatic nitrogens is 1. The first-order chi connectivity index (χ1) is 12.2. The Morgan fingerprint density at radius 1 is 1.12 bits per heavy atom. The first-order valence-corrected chi connectivity index (χ1v) is 9.62. The van der Waals surface area contributed by atoms with Crippen molar-refractivity contribution in [1.82, 2.24) is 14.8 Å². The SMILES string of the molecule is CCCN1CCCC2(CCCN2Cc2ccnc3ccccc23)C1=O. The van der Waals surface area contributed by atoms with E-state index in [0.29, 0.717) is 5.91 Å². The second-order valence-electron chi connectivity index (χ2n) is 7.44. The van der Waals surface area contributed by atoms with Crippen LogP contribution in [0.2, 0.25) is 0 Å². The third kappa shape index (κ3) is 2.82. The first kappa shape index (κ1) is 16.5. The summed E-state index contributed by atoms with van der Waals surface area (Å²) in [4.78, 5) is 22.3. The summed E-state index contributed by atoms with van der Waals surface area (Å²) in [5.41, 5.74) is 2.06. The van der Waals surface area contributed by atoms with E-state index in [1.165, 1.54) is 10.9 Å². The summed E-state index contributed by atoms with van der Waals surface area (Å²) in [6, 6.07) is 10.4. The molecule has 2 aliphatic heterocycles. The van der Waals surface area contributed by atoms with Crippen molar-refractivity contribution in [3.63, 3.8) is 0 Å². The lowest BCUT2D eigenvalue weighted by Crippen LogP contribution is -2.59. The number of piperidine rings is 1. The van der Waals surface area contributed by atoms with Gasteiger partial charge in [-0.25, -0.2) is 0 Å². The van der Waals surface area contributed by atoms with E-state index in [4.69, 9.17) is 0 Å². The molecule has 25 heavy (non-hydrogen) atoms. The van der Waals surface area contributed by atoms with Gasteiger partial charge in [-0.05, 0) is 56.3 Å². The van der Waals surface area contributed by atoms with Crippen LogP contribution in [0.5, 0.6) is 0 Å². The van der Waals surface area contributed by atoms with Gasteiger partial charge in [-0.15, -0.1) is 0 Å². The summed E-state index contributed by atoms with van der Waals surface area (Å²) >= 11 is 0. The highest BCUT2D eigenvalue weighted by molar-refractivity contribution is 5.88. The molecular weight excluding hydrogens is 310 g/mol. The fourth-order valence-electron chi connectivity index (χ4n) is 4.74. The number of amides is 1. The maximum absolute atomic E-state index is 13.3. The van der Waals surface area contributed by atoms with Gasteiger partial charge in [0.1, 0.15) is 5.54 Å². The highest BCUT2D eigenvalue weighted by Gasteiger charge is 2.50. The molecule has 1 amide bonds. The van der Waals surface area contributed by atoms with E-state index in [2.05, 4.69) is 46.0 Å². The fourth-order valence-corrected chi connectivity index (χ4v) is 4.74. The monoisotopic (exact) mass is 337 g/mol. The van der Waals surface area contributed by atoms with Crippen molar-refractivity contribution in [2.24, 2.45) is 0 Å². The number of fused-ring (bicyclic) bond motifs is 1. The summed E-state index contributed by atoms with van der Waals surface area (Å²) in [5, 5.41) is 1.21. The predicted molar refractivity (Wildman–Crippen MR) is 100 cm³/mol. The molecule has 0 N–H and O–H groups in total. The number of hydrogen-bond donors (Lipinski definition) is 0. The number of carbonyl (C=O) groups excluding carboxylic acids is 1. The molecule has 2 fully saturated rings. The van der Waals surface area contributed by atoms with Gasteiger partial charge in [0.15, 0.2) is 0 Å². The summed E-state index contributed by atoms with van der Waals surface area (Å²) in [5.74, 6) is 0.372. The molecule has 1 spiro atoms. The van der Waals surface area contributed by atoms with E-state index in [1.807, 2.05) is 12.3 Å². The minimum Gasteiger partial charge on any atom is -0.341 e. The molecule has 2 aromatic rings. The fraction of sp³-hybridized carbons (Fsp3) is 0.524. The minimum absolute atomic E-state index is 0.266. The second-order valence-corrected chi connectivity index (χ2v) is 7.44. The Labute approximate surface area is 149 Å². The van der Waals surface area contributed by atoms with Crippen molar-refractivity contribution in [3.8, 4) is 0 Å². The number of likely N-dealkylation sites (tertiary alicyclic amines) is 2. The van der Waals surface area contributed by atoms with Crippen molar-refractivity contribution >= 4 is 16.8 Å². The highest BCUT2D eigenvalue weighted by atomic mass is 16.2. The van der Waals surface area contributed by atoms with Gasteiger partial charge in [-0.2, -0.15) is 0 Å². The lowest BCUT2D eigenvalue weighted by atomic mass is 9.85. The Hall–Kier alpha value is -1.94. The predicted octanol–water partition coefficient (Wildman–Crippen LogP) is 3.60. The molecule has 4 nitrogen and oxygen atoms in total. The molecule has 1 unspecified atom stereocenters. The molecular formula is C21H27N3O. The van der Waals surface area contributed by atoms with Crippen LogP contribution < -0.4 is 0 Å². The number of pyridine rings is 1. The summed E-state index contributed by atoms with van der Waals surface area (Å²) in [6.07, 6.45) is 7.20. The molecule has 1 aromatic heterocycles. The van der Waals surface area contributed by atoms with Gasteiger partial charge < -0.3 is 4.90 Å². The zero-order valence-electron chi connectivity index (χ0n) is 15.1. The number of rotatable bonds is 4. The Bertz CT molecular complexity index is 767. The smallest absolute Gasteiger partial charge is 0.243 e. The van der Waals surface area contributed by atoms with Crippen molar-refractivity contribution in [3.05, 3.63) is 42.1 Å². The van der Waals surface area contributed by atoms with Crippen LogP contribution in [-0.4, -0.2) is 45.9 Å². The van der Waals surface area contributed by atoms with Crippen LogP contribution in [0.1, 0.15) is 44.6 Å². The van der Waals surface area contributed by atoms with Gasteiger partial charge >= 0.3 is 0 Å². The average molecular weight is 337 g/mol. The lowest BCUT2D eigenvalue weighted by Gasteiger charge is -2.44. The third-order valence-electron chi connectivity index (χ3n) is 5.92. The van der Waals surface area contributed by atoms with Gasteiger partial charge in [0.25, 0.3) is 0 Å². The van der Waals surface area contributed by atoms with Crippen LogP contribution in [0.3, 0.4) is 0 Å². The van der Waals surface area contributed by atoms with Crippen molar-refractivity contribution < 1.29 is 4.79 Å². The molecule has 4 rings (SSSR count). The quantitative estimate of drug-likeness (QED) is 0.855. The van der Waals surface area contributed by atoms with Gasteiger partial charge in [0.2, 0.25) is 5.91 Å². The molecule has 3 heterocycles. The zero-order valence-corrected chi connectivity index (χ0v) is 15.1. The molecule has 132 valence electrons. The van der Waals surface area contributed by atoms with Crippen molar-refractivity contribution in [2.75, 3.05) is 19.6 Å². The largest absolute Gasteiger partial charge is 0.341 e. The molecule has 1 aromatic carbocycles. The molecule has 2 saturated heterocycles. The number of hydrogen-bond acceptors (Lipinski definition) is 3. The van der Waals surface area contributed by atoms with E-state index in [1.54, 1.807) is 0 Å². The molecule has 0 bridgehead atoms. The lowest BCUT2D eigenvalue weighted by molar-refractivity contribution is -0.147. The van der Waals surface area contributed by atoms with Gasteiger partial charge in [0, 0.05) is 31.2 Å².